The summed E-state index contributed by atoms with van der Waals surface area (Å²) in [6, 6.07) is 7.15. The maximum atomic E-state index is 11.5. The molecule has 0 radical (unpaired) electrons. The van der Waals surface area contributed by atoms with Crippen molar-refractivity contribution in [2.75, 3.05) is 6.54 Å². The molecule has 0 saturated carbocycles. The zero-order chi connectivity index (χ0) is 11.4. The first kappa shape index (κ1) is 10.6. The summed E-state index contributed by atoms with van der Waals surface area (Å²) in [4.78, 5) is 15.5. The van der Waals surface area contributed by atoms with E-state index in [1.165, 1.54) is 6.26 Å². The molecule has 1 aromatic heterocycles. The zero-order valence-electron chi connectivity index (χ0n) is 8.72. The summed E-state index contributed by atoms with van der Waals surface area (Å²) in [5.74, 6) is 0.610. The Hall–Kier alpha value is -1.94. The molecule has 0 aliphatic rings. The quantitative estimate of drug-likeness (QED) is 0.792. The lowest BCUT2D eigenvalue weighted by molar-refractivity contribution is 0.0985. The molecular formula is C12H12N2O2. The fourth-order valence-corrected chi connectivity index (χ4v) is 1.44. The first-order valence-electron chi connectivity index (χ1n) is 5.04. The van der Waals surface area contributed by atoms with Crippen LogP contribution in [0.15, 0.2) is 41.1 Å². The molecule has 0 unspecified atom stereocenters. The van der Waals surface area contributed by atoms with Gasteiger partial charge in [-0.25, -0.2) is 4.98 Å². The molecule has 0 atom stereocenters. The number of hydrogen-bond donors (Lipinski definition) is 1. The van der Waals surface area contributed by atoms with E-state index in [9.17, 15) is 4.79 Å². The van der Waals surface area contributed by atoms with Gasteiger partial charge in [0.2, 0.25) is 5.89 Å². The Morgan fingerprint density at radius 1 is 1.31 bits per heavy atom. The number of rotatable bonds is 4. The second-order valence-corrected chi connectivity index (χ2v) is 3.38. The molecule has 2 aromatic rings. The van der Waals surface area contributed by atoms with Crippen LogP contribution >= 0.6 is 0 Å². The minimum atomic E-state index is 0.0569. The molecule has 0 bridgehead atoms. The van der Waals surface area contributed by atoms with Gasteiger partial charge in [-0.2, -0.15) is 0 Å². The van der Waals surface area contributed by atoms with E-state index in [0.717, 1.165) is 5.56 Å². The number of carbonyl (C=O) groups is 1. The summed E-state index contributed by atoms with van der Waals surface area (Å²) < 4.78 is 5.15. The molecule has 2 rings (SSSR count). The van der Waals surface area contributed by atoms with E-state index in [2.05, 4.69) is 4.98 Å². The monoisotopic (exact) mass is 216 g/mol. The van der Waals surface area contributed by atoms with Crippen LogP contribution in [0.25, 0.3) is 11.5 Å². The van der Waals surface area contributed by atoms with Crippen LogP contribution in [-0.4, -0.2) is 17.3 Å². The maximum Gasteiger partial charge on any atom is 0.225 e. The van der Waals surface area contributed by atoms with Crippen LogP contribution in [0.5, 0.6) is 0 Å². The summed E-state index contributed by atoms with van der Waals surface area (Å²) in [7, 11) is 0. The van der Waals surface area contributed by atoms with Crippen LogP contribution in [0.3, 0.4) is 0 Å². The lowest BCUT2D eigenvalue weighted by atomic mass is 10.1. The maximum absolute atomic E-state index is 11.5. The van der Waals surface area contributed by atoms with Crippen LogP contribution in [0, 0.1) is 0 Å². The Kier molecular flexibility index (Phi) is 3.12. The molecule has 0 aliphatic carbocycles. The smallest absolute Gasteiger partial charge is 0.225 e. The number of nitrogens with two attached hydrogens (primary N) is 1. The van der Waals surface area contributed by atoms with Crippen molar-refractivity contribution in [3.63, 3.8) is 0 Å². The van der Waals surface area contributed by atoms with Crippen molar-refractivity contribution in [1.29, 1.82) is 0 Å². The standard InChI is InChI=1S/C12H12N2O2/c13-6-5-11(15)9-1-3-10(4-2-9)12-14-7-8-16-12/h1-4,7-8H,5-6,13H2. The third kappa shape index (κ3) is 2.17. The highest BCUT2D eigenvalue weighted by molar-refractivity contribution is 5.96. The van der Waals surface area contributed by atoms with Crippen molar-refractivity contribution in [1.82, 2.24) is 4.98 Å². The molecule has 1 aromatic carbocycles. The SMILES string of the molecule is NCCC(=O)c1ccc(-c2ncco2)cc1. The second kappa shape index (κ2) is 4.72. The summed E-state index contributed by atoms with van der Waals surface area (Å²) >= 11 is 0. The molecule has 0 aliphatic heterocycles. The minimum absolute atomic E-state index is 0.0569. The Morgan fingerprint density at radius 2 is 2.06 bits per heavy atom. The molecule has 0 spiro atoms. The predicted molar refractivity (Wildman–Crippen MR) is 59.9 cm³/mol. The number of benzene rings is 1. The number of aromatic nitrogens is 1. The molecule has 82 valence electrons. The van der Waals surface area contributed by atoms with Crippen molar-refractivity contribution >= 4 is 5.78 Å². The van der Waals surface area contributed by atoms with Gasteiger partial charge in [0.15, 0.2) is 5.78 Å². The first-order chi connectivity index (χ1) is 7.81. The van der Waals surface area contributed by atoms with Crippen LogP contribution in [0.2, 0.25) is 0 Å². The van der Waals surface area contributed by atoms with E-state index in [0.29, 0.717) is 24.4 Å². The van der Waals surface area contributed by atoms with Crippen LogP contribution in [0.4, 0.5) is 0 Å². The van der Waals surface area contributed by atoms with E-state index in [-0.39, 0.29) is 5.78 Å². The minimum Gasteiger partial charge on any atom is -0.445 e. The highest BCUT2D eigenvalue weighted by atomic mass is 16.3. The molecule has 0 fully saturated rings. The van der Waals surface area contributed by atoms with Gasteiger partial charge in [0.1, 0.15) is 6.26 Å². The Balaban J connectivity index is 2.20. The highest BCUT2D eigenvalue weighted by Crippen LogP contribution is 2.17. The largest absolute Gasteiger partial charge is 0.445 e. The Bertz CT molecular complexity index is 460. The summed E-state index contributed by atoms with van der Waals surface area (Å²) in [6.07, 6.45) is 3.48. The number of carbonyl (C=O) groups excluding carboxylic acids is 1. The van der Waals surface area contributed by atoms with E-state index < -0.39 is 0 Å². The van der Waals surface area contributed by atoms with Gasteiger partial charge in [-0.1, -0.05) is 12.1 Å². The zero-order valence-corrected chi connectivity index (χ0v) is 8.72. The van der Waals surface area contributed by atoms with Crippen LogP contribution < -0.4 is 5.73 Å². The average molecular weight is 216 g/mol. The Morgan fingerprint density at radius 3 is 2.62 bits per heavy atom. The number of hydrogen-bond acceptors (Lipinski definition) is 4. The average Bonchev–Trinajstić information content (AvgIpc) is 2.83. The third-order valence-corrected chi connectivity index (χ3v) is 2.26. The van der Waals surface area contributed by atoms with Crippen molar-refractivity contribution in [2.24, 2.45) is 5.73 Å². The van der Waals surface area contributed by atoms with Gasteiger partial charge in [-0.05, 0) is 18.7 Å². The summed E-state index contributed by atoms with van der Waals surface area (Å²) in [5, 5.41) is 0. The molecule has 1 heterocycles. The van der Waals surface area contributed by atoms with Gasteiger partial charge in [0.05, 0.1) is 6.20 Å². The van der Waals surface area contributed by atoms with E-state index in [4.69, 9.17) is 10.2 Å². The van der Waals surface area contributed by atoms with Crippen molar-refractivity contribution in [2.45, 2.75) is 6.42 Å². The number of Topliss-reactive ketones (excluding diaryl/α,β-unsaturated/α-hetero) is 1. The van der Waals surface area contributed by atoms with Crippen LogP contribution in [0.1, 0.15) is 16.8 Å². The molecule has 2 N–H and O–H groups in total. The van der Waals surface area contributed by atoms with Crippen LogP contribution in [-0.2, 0) is 0 Å². The highest BCUT2D eigenvalue weighted by Gasteiger charge is 2.06. The van der Waals surface area contributed by atoms with E-state index in [1.54, 1.807) is 18.3 Å². The van der Waals surface area contributed by atoms with Gasteiger partial charge in [0.25, 0.3) is 0 Å². The van der Waals surface area contributed by atoms with Crippen molar-refractivity contribution in [3.8, 4) is 11.5 Å². The topological polar surface area (TPSA) is 69.1 Å². The summed E-state index contributed by atoms with van der Waals surface area (Å²) in [6.45, 7) is 0.375. The first-order valence-corrected chi connectivity index (χ1v) is 5.04. The number of ketones is 1. The molecule has 0 amide bonds. The fraction of sp³-hybridized carbons (Fsp3) is 0.167. The molecule has 4 nitrogen and oxygen atoms in total. The second-order valence-electron chi connectivity index (χ2n) is 3.38. The molecular weight excluding hydrogens is 204 g/mol. The molecule has 16 heavy (non-hydrogen) atoms. The number of oxazole rings is 1. The summed E-state index contributed by atoms with van der Waals surface area (Å²) in [5.41, 5.74) is 6.85. The van der Waals surface area contributed by atoms with E-state index >= 15 is 0 Å². The van der Waals surface area contributed by atoms with Gasteiger partial charge in [0, 0.05) is 17.5 Å². The lowest BCUT2D eigenvalue weighted by Crippen LogP contribution is -2.07. The van der Waals surface area contributed by atoms with Crippen molar-refractivity contribution in [3.05, 3.63) is 42.3 Å². The fourth-order valence-electron chi connectivity index (χ4n) is 1.44. The van der Waals surface area contributed by atoms with Gasteiger partial charge < -0.3 is 10.2 Å². The van der Waals surface area contributed by atoms with E-state index in [1.807, 2.05) is 12.1 Å². The number of nitrogens with zero attached hydrogens (tertiary/aromatic N) is 1. The normalized spacial score (nSPS) is 10.3. The molecule has 4 heteroatoms. The third-order valence-electron chi connectivity index (χ3n) is 2.26. The van der Waals surface area contributed by atoms with Crippen molar-refractivity contribution < 1.29 is 9.21 Å². The van der Waals surface area contributed by atoms with Gasteiger partial charge in [-0.3, -0.25) is 4.79 Å². The molecule has 0 saturated heterocycles. The van der Waals surface area contributed by atoms with Gasteiger partial charge >= 0.3 is 0 Å². The Labute approximate surface area is 93.1 Å². The predicted octanol–water partition coefficient (Wildman–Crippen LogP) is 1.87. The lowest BCUT2D eigenvalue weighted by Gasteiger charge is -2.00. The van der Waals surface area contributed by atoms with Gasteiger partial charge in [-0.15, -0.1) is 0 Å².